The fourth-order valence-electron chi connectivity index (χ4n) is 2.90. The van der Waals surface area contributed by atoms with Crippen molar-refractivity contribution in [2.24, 2.45) is 0 Å². The summed E-state index contributed by atoms with van der Waals surface area (Å²) in [5.74, 6) is 1.44. The van der Waals surface area contributed by atoms with Crippen LogP contribution in [0.4, 0.5) is 0 Å². The molecule has 0 unspecified atom stereocenters. The molecule has 0 saturated heterocycles. The van der Waals surface area contributed by atoms with Crippen LogP contribution in [0.2, 0.25) is 0 Å². The second-order valence-electron chi connectivity index (χ2n) is 6.66. The van der Waals surface area contributed by atoms with E-state index in [1.54, 1.807) is 44.4 Å². The molecule has 1 aromatic heterocycles. The highest BCUT2D eigenvalue weighted by Crippen LogP contribution is 2.30. The average molecular weight is 401 g/mol. The van der Waals surface area contributed by atoms with Gasteiger partial charge in [-0.05, 0) is 42.7 Å². The lowest BCUT2D eigenvalue weighted by atomic mass is 10.0. The number of aromatic nitrogens is 3. The summed E-state index contributed by atoms with van der Waals surface area (Å²) in [7, 11) is -0.716. The second-order valence-corrected chi connectivity index (χ2v) is 8.52. The molecule has 0 aliphatic rings. The number of nitrogens with zero attached hydrogens (tertiary/aromatic N) is 3. The number of hydrogen-bond acceptors (Lipinski definition) is 6. The Bertz CT molecular complexity index is 1090. The third-order valence-corrected chi connectivity index (χ3v) is 6.36. The van der Waals surface area contributed by atoms with Gasteiger partial charge in [0.15, 0.2) is 0 Å². The van der Waals surface area contributed by atoms with Crippen molar-refractivity contribution in [3.63, 3.8) is 0 Å². The fourth-order valence-corrected chi connectivity index (χ4v) is 4.24. The van der Waals surface area contributed by atoms with Crippen molar-refractivity contribution in [3.05, 3.63) is 53.7 Å². The van der Waals surface area contributed by atoms with Crippen molar-refractivity contribution >= 4 is 9.84 Å². The number of sulfone groups is 1. The first-order chi connectivity index (χ1) is 13.3. The molecule has 0 saturated carbocycles. The van der Waals surface area contributed by atoms with Crippen LogP contribution < -0.4 is 9.47 Å². The summed E-state index contributed by atoms with van der Waals surface area (Å²) in [5.41, 5.74) is 2.00. The molecule has 2 aromatic carbocycles. The van der Waals surface area contributed by atoms with Crippen molar-refractivity contribution in [1.29, 1.82) is 0 Å². The van der Waals surface area contributed by atoms with E-state index < -0.39 is 9.84 Å². The minimum absolute atomic E-state index is 0.0883. The third kappa shape index (κ3) is 3.47. The van der Waals surface area contributed by atoms with Crippen molar-refractivity contribution in [3.8, 4) is 17.2 Å². The summed E-state index contributed by atoms with van der Waals surface area (Å²) >= 11 is 0. The van der Waals surface area contributed by atoms with Gasteiger partial charge in [-0.2, -0.15) is 0 Å². The molecule has 0 fully saturated rings. The predicted octanol–water partition coefficient (Wildman–Crippen LogP) is 3.55. The lowest BCUT2D eigenvalue weighted by molar-refractivity contribution is 0.400. The maximum absolute atomic E-state index is 13.1. The number of ether oxygens (including phenoxy) is 2. The zero-order chi connectivity index (χ0) is 20.5. The Balaban J connectivity index is 2.08. The van der Waals surface area contributed by atoms with E-state index in [1.807, 2.05) is 12.1 Å². The zero-order valence-electron chi connectivity index (χ0n) is 16.5. The van der Waals surface area contributed by atoms with Crippen LogP contribution >= 0.6 is 0 Å². The molecule has 0 amide bonds. The number of hydrogen-bond donors (Lipinski definition) is 0. The summed E-state index contributed by atoms with van der Waals surface area (Å²) in [6.07, 6.45) is 0. The van der Waals surface area contributed by atoms with Crippen LogP contribution in [0.5, 0.6) is 11.5 Å². The number of benzene rings is 2. The first kappa shape index (κ1) is 19.9. The van der Waals surface area contributed by atoms with Crippen molar-refractivity contribution in [2.75, 3.05) is 14.2 Å². The van der Waals surface area contributed by atoms with E-state index in [1.165, 1.54) is 11.8 Å². The molecule has 3 aromatic rings. The summed E-state index contributed by atoms with van der Waals surface area (Å²) in [6.45, 7) is 5.77. The molecule has 8 heteroatoms. The highest BCUT2D eigenvalue weighted by atomic mass is 32.2. The van der Waals surface area contributed by atoms with Crippen LogP contribution in [0.1, 0.15) is 31.0 Å². The van der Waals surface area contributed by atoms with Crippen LogP contribution in [0, 0.1) is 6.92 Å². The number of rotatable bonds is 6. The maximum Gasteiger partial charge on any atom is 0.227 e. The van der Waals surface area contributed by atoms with E-state index in [4.69, 9.17) is 9.47 Å². The van der Waals surface area contributed by atoms with Gasteiger partial charge < -0.3 is 9.47 Å². The summed E-state index contributed by atoms with van der Waals surface area (Å²) in [4.78, 5) is 0.185. The highest BCUT2D eigenvalue weighted by Gasteiger charge is 2.27. The van der Waals surface area contributed by atoms with Gasteiger partial charge in [0.25, 0.3) is 0 Å². The molecule has 0 aliphatic heterocycles. The standard InChI is InChI=1S/C20H23N3O4S/c1-13(2)15-6-9-17(10-7-15)28(24,25)20-14(3)23(22-21-20)18-12-16(26-4)8-11-19(18)27-5/h6-13H,1-5H3. The van der Waals surface area contributed by atoms with E-state index in [0.717, 1.165) is 5.56 Å². The van der Waals surface area contributed by atoms with Crippen LogP contribution in [-0.4, -0.2) is 37.6 Å². The molecule has 0 atom stereocenters. The molecule has 28 heavy (non-hydrogen) atoms. The van der Waals surface area contributed by atoms with Gasteiger partial charge in [0.2, 0.25) is 14.9 Å². The molecule has 148 valence electrons. The van der Waals surface area contributed by atoms with Gasteiger partial charge in [-0.15, -0.1) is 5.10 Å². The Morgan fingerprint density at radius 2 is 1.68 bits per heavy atom. The molecule has 0 bridgehead atoms. The topological polar surface area (TPSA) is 83.3 Å². The molecule has 0 spiro atoms. The van der Waals surface area contributed by atoms with Crippen LogP contribution in [0.3, 0.4) is 0 Å². The molecule has 0 radical (unpaired) electrons. The Morgan fingerprint density at radius 1 is 1.00 bits per heavy atom. The van der Waals surface area contributed by atoms with E-state index in [0.29, 0.717) is 28.8 Å². The largest absolute Gasteiger partial charge is 0.497 e. The SMILES string of the molecule is COc1ccc(OC)c(-n2nnc(S(=O)(=O)c3ccc(C(C)C)cc3)c2C)c1. The van der Waals surface area contributed by atoms with Crippen LogP contribution in [0.15, 0.2) is 52.4 Å². The summed E-state index contributed by atoms with van der Waals surface area (Å²) in [6, 6.07) is 12.1. The molecule has 1 heterocycles. The smallest absolute Gasteiger partial charge is 0.227 e. The van der Waals surface area contributed by atoms with Gasteiger partial charge >= 0.3 is 0 Å². The van der Waals surface area contributed by atoms with Gasteiger partial charge in [0.05, 0.1) is 24.8 Å². The molecule has 3 rings (SSSR count). The van der Waals surface area contributed by atoms with Gasteiger partial charge in [-0.25, -0.2) is 13.1 Å². The van der Waals surface area contributed by atoms with Crippen molar-refractivity contribution in [2.45, 2.75) is 36.6 Å². The lowest BCUT2D eigenvalue weighted by Gasteiger charge is -2.11. The molecule has 0 N–H and O–H groups in total. The predicted molar refractivity (Wildman–Crippen MR) is 105 cm³/mol. The molecule has 0 aliphatic carbocycles. The molecule has 7 nitrogen and oxygen atoms in total. The van der Waals surface area contributed by atoms with E-state index in [2.05, 4.69) is 24.2 Å². The van der Waals surface area contributed by atoms with E-state index in [-0.39, 0.29) is 9.92 Å². The minimum Gasteiger partial charge on any atom is -0.497 e. The first-order valence-corrected chi connectivity index (χ1v) is 10.3. The Hall–Kier alpha value is -2.87. The number of methoxy groups -OCH3 is 2. The quantitative estimate of drug-likeness (QED) is 0.628. The second kappa shape index (κ2) is 7.63. The van der Waals surface area contributed by atoms with Gasteiger partial charge in [0.1, 0.15) is 17.2 Å². The van der Waals surface area contributed by atoms with Crippen LogP contribution in [-0.2, 0) is 9.84 Å². The third-order valence-electron chi connectivity index (χ3n) is 4.58. The zero-order valence-corrected chi connectivity index (χ0v) is 17.3. The monoisotopic (exact) mass is 401 g/mol. The maximum atomic E-state index is 13.1. The summed E-state index contributed by atoms with van der Waals surface area (Å²) in [5, 5.41) is 7.93. The van der Waals surface area contributed by atoms with Gasteiger partial charge in [0, 0.05) is 6.07 Å². The lowest BCUT2D eigenvalue weighted by Crippen LogP contribution is -2.07. The average Bonchev–Trinajstić information content (AvgIpc) is 3.09. The molecular weight excluding hydrogens is 378 g/mol. The normalized spacial score (nSPS) is 11.6. The van der Waals surface area contributed by atoms with Crippen molar-refractivity contribution in [1.82, 2.24) is 15.0 Å². The van der Waals surface area contributed by atoms with Crippen LogP contribution in [0.25, 0.3) is 5.69 Å². The van der Waals surface area contributed by atoms with Gasteiger partial charge in [-0.1, -0.05) is 31.2 Å². The minimum atomic E-state index is -3.80. The van der Waals surface area contributed by atoms with Crippen molar-refractivity contribution < 1.29 is 17.9 Å². The highest BCUT2D eigenvalue weighted by molar-refractivity contribution is 7.91. The molecular formula is C20H23N3O4S. The first-order valence-electron chi connectivity index (χ1n) is 8.79. The van der Waals surface area contributed by atoms with E-state index in [9.17, 15) is 8.42 Å². The Labute approximate surface area is 164 Å². The summed E-state index contributed by atoms with van der Waals surface area (Å²) < 4.78 is 38.2. The van der Waals surface area contributed by atoms with Gasteiger partial charge in [-0.3, -0.25) is 0 Å². The van der Waals surface area contributed by atoms with E-state index >= 15 is 0 Å². The fraction of sp³-hybridized carbons (Fsp3) is 0.300. The Kier molecular flexibility index (Phi) is 5.42. The Morgan fingerprint density at radius 3 is 2.25 bits per heavy atom.